The molecule has 0 unspecified atom stereocenters. The molecule has 0 saturated carbocycles. The molecule has 0 atom stereocenters. The summed E-state index contributed by atoms with van der Waals surface area (Å²) in [6, 6.07) is 0. The van der Waals surface area contributed by atoms with E-state index in [0.29, 0.717) is 12.8 Å². The van der Waals surface area contributed by atoms with E-state index in [0.717, 1.165) is 18.4 Å². The first-order valence-corrected chi connectivity index (χ1v) is 10.2. The molecule has 8 heteroatoms. The van der Waals surface area contributed by atoms with Crippen LogP contribution in [0, 0.1) is 0 Å². The second-order valence-corrected chi connectivity index (χ2v) is 9.47. The number of hydrogen-bond acceptors (Lipinski definition) is 2. The minimum absolute atomic E-state index is 0.188. The molecule has 0 heterocycles. The molecule has 6 nitrogen and oxygen atoms in total. The maximum Gasteiger partial charge on any atom is 0.340 e. The molecule has 0 saturated heterocycles. The van der Waals surface area contributed by atoms with Gasteiger partial charge >= 0.3 is 15.2 Å². The largest absolute Gasteiger partial charge is 0.340 e. The van der Waals surface area contributed by atoms with Crippen molar-refractivity contribution >= 4 is 15.2 Å². The molecule has 0 aliphatic carbocycles. The van der Waals surface area contributed by atoms with Gasteiger partial charge < -0.3 is 19.6 Å². The Morgan fingerprint density at radius 2 is 1.48 bits per heavy atom. The van der Waals surface area contributed by atoms with Gasteiger partial charge in [-0.05, 0) is 52.9 Å². The first-order valence-electron chi connectivity index (χ1n) is 6.84. The van der Waals surface area contributed by atoms with Crippen LogP contribution in [-0.2, 0) is 9.13 Å². The summed E-state index contributed by atoms with van der Waals surface area (Å²) in [6.45, 7) is 6.04. The van der Waals surface area contributed by atoms with Gasteiger partial charge in [0.15, 0.2) is 5.40 Å². The van der Waals surface area contributed by atoms with E-state index in [2.05, 4.69) is 6.08 Å². The molecule has 0 aromatic heterocycles. The summed E-state index contributed by atoms with van der Waals surface area (Å²) in [5, 5.41) is -1.88. The molecular weight excluding hydrogens is 314 g/mol. The van der Waals surface area contributed by atoms with E-state index in [1.807, 2.05) is 26.8 Å². The zero-order valence-electron chi connectivity index (χ0n) is 12.8. The van der Waals surface area contributed by atoms with Crippen LogP contribution in [0.4, 0.5) is 0 Å². The molecule has 124 valence electrons. The normalized spacial score (nSPS) is 13.6. The van der Waals surface area contributed by atoms with Crippen LogP contribution in [0.2, 0.25) is 0 Å². The quantitative estimate of drug-likeness (QED) is 0.290. The Hall–Kier alpha value is -0.220. The molecule has 0 rings (SSSR count). The summed E-state index contributed by atoms with van der Waals surface area (Å²) in [5.74, 6) is 0. The predicted molar refractivity (Wildman–Crippen MR) is 84.1 cm³/mol. The van der Waals surface area contributed by atoms with Gasteiger partial charge in [0.05, 0.1) is 0 Å². The van der Waals surface area contributed by atoms with E-state index in [4.69, 9.17) is 19.6 Å². The third-order valence-electron chi connectivity index (χ3n) is 3.03. The van der Waals surface area contributed by atoms with Crippen LogP contribution in [0.1, 0.15) is 52.9 Å². The Labute approximate surface area is 126 Å². The fraction of sp³-hybridized carbons (Fsp3) is 0.692. The lowest BCUT2D eigenvalue weighted by Gasteiger charge is -2.18. The standard InChI is InChI=1S/C13H26O6P2/c1-11(2)7-6-9-12(3)8-4-5-10-13(20(14,15)16)21(17,18)19/h7-8,13H,4-6,9-10H2,1-3H3,(H2,14,15,16)(H2,17,18,19)/b12-8-. The molecule has 0 bridgehead atoms. The SMILES string of the molecule is CC(C)=CCC/C(C)=C\CCCC(P(=O)(O)O)P(=O)(O)O. The zero-order chi connectivity index (χ0) is 16.7. The van der Waals surface area contributed by atoms with Gasteiger partial charge in [0, 0.05) is 0 Å². The second kappa shape index (κ2) is 9.04. The zero-order valence-corrected chi connectivity index (χ0v) is 14.6. The number of allylic oxidation sites excluding steroid dienone is 4. The van der Waals surface area contributed by atoms with E-state index >= 15 is 0 Å². The van der Waals surface area contributed by atoms with Gasteiger partial charge in [-0.15, -0.1) is 0 Å². The van der Waals surface area contributed by atoms with Gasteiger partial charge in [0.2, 0.25) is 0 Å². The average molecular weight is 340 g/mol. The van der Waals surface area contributed by atoms with Crippen molar-refractivity contribution in [3.8, 4) is 0 Å². The van der Waals surface area contributed by atoms with Crippen LogP contribution in [-0.4, -0.2) is 25.0 Å². The lowest BCUT2D eigenvalue weighted by Crippen LogP contribution is -2.09. The van der Waals surface area contributed by atoms with Gasteiger partial charge in [-0.25, -0.2) is 0 Å². The molecule has 0 aliphatic rings. The van der Waals surface area contributed by atoms with Gasteiger partial charge in [0.25, 0.3) is 0 Å². The van der Waals surface area contributed by atoms with Crippen molar-refractivity contribution in [3.05, 3.63) is 23.3 Å². The van der Waals surface area contributed by atoms with Crippen LogP contribution < -0.4 is 0 Å². The third-order valence-corrected chi connectivity index (χ3v) is 6.90. The van der Waals surface area contributed by atoms with Crippen LogP contribution in [0.25, 0.3) is 0 Å². The molecule has 0 aliphatic heterocycles. The van der Waals surface area contributed by atoms with Gasteiger partial charge in [-0.1, -0.05) is 23.3 Å². The van der Waals surface area contributed by atoms with Crippen LogP contribution in [0.15, 0.2) is 23.3 Å². The highest BCUT2D eigenvalue weighted by Crippen LogP contribution is 2.61. The fourth-order valence-corrected chi connectivity index (χ4v) is 4.48. The summed E-state index contributed by atoms with van der Waals surface area (Å²) in [7, 11) is -9.56. The van der Waals surface area contributed by atoms with E-state index in [1.165, 1.54) is 5.57 Å². The molecule has 4 N–H and O–H groups in total. The summed E-state index contributed by atoms with van der Waals surface area (Å²) in [6.07, 6.45) is 6.64. The molecular formula is C13H26O6P2. The topological polar surface area (TPSA) is 115 Å². The van der Waals surface area contributed by atoms with Crippen LogP contribution in [0.3, 0.4) is 0 Å². The summed E-state index contributed by atoms with van der Waals surface area (Å²) >= 11 is 0. The molecule has 0 amide bonds. The first-order chi connectivity index (χ1) is 9.44. The summed E-state index contributed by atoms with van der Waals surface area (Å²) in [4.78, 5) is 35.9. The smallest absolute Gasteiger partial charge is 0.324 e. The van der Waals surface area contributed by atoms with E-state index < -0.39 is 20.6 Å². The minimum Gasteiger partial charge on any atom is -0.324 e. The van der Waals surface area contributed by atoms with Crippen molar-refractivity contribution < 1.29 is 28.7 Å². The van der Waals surface area contributed by atoms with Gasteiger partial charge in [0.1, 0.15) is 0 Å². The molecule has 21 heavy (non-hydrogen) atoms. The number of unbranched alkanes of at least 4 members (excludes halogenated alkanes) is 1. The van der Waals surface area contributed by atoms with Crippen molar-refractivity contribution in [1.82, 2.24) is 0 Å². The summed E-state index contributed by atoms with van der Waals surface area (Å²) < 4.78 is 22.2. The van der Waals surface area contributed by atoms with Crippen molar-refractivity contribution in [2.45, 2.75) is 58.3 Å². The molecule has 0 aromatic rings. The van der Waals surface area contributed by atoms with E-state index in [1.54, 1.807) is 0 Å². The molecule has 0 fully saturated rings. The monoisotopic (exact) mass is 340 g/mol. The molecule has 0 radical (unpaired) electrons. The Bertz CT molecular complexity index is 445. The molecule has 0 aromatic carbocycles. The van der Waals surface area contributed by atoms with Gasteiger partial charge in [-0.2, -0.15) is 0 Å². The Balaban J connectivity index is 4.32. The minimum atomic E-state index is -4.78. The third kappa shape index (κ3) is 10.2. The van der Waals surface area contributed by atoms with Crippen LogP contribution in [0.5, 0.6) is 0 Å². The van der Waals surface area contributed by atoms with Gasteiger partial charge in [-0.3, -0.25) is 9.13 Å². The highest BCUT2D eigenvalue weighted by atomic mass is 31.2. The average Bonchev–Trinajstić information content (AvgIpc) is 2.24. The lowest BCUT2D eigenvalue weighted by molar-refractivity contribution is 0.334. The predicted octanol–water partition coefficient (Wildman–Crippen LogP) is 3.53. The van der Waals surface area contributed by atoms with E-state index in [9.17, 15) is 9.13 Å². The highest BCUT2D eigenvalue weighted by molar-refractivity contribution is 7.70. The van der Waals surface area contributed by atoms with Crippen molar-refractivity contribution in [2.75, 3.05) is 0 Å². The van der Waals surface area contributed by atoms with Crippen molar-refractivity contribution in [3.63, 3.8) is 0 Å². The van der Waals surface area contributed by atoms with E-state index in [-0.39, 0.29) is 6.42 Å². The van der Waals surface area contributed by atoms with Crippen molar-refractivity contribution in [2.24, 2.45) is 0 Å². The Kier molecular flexibility index (Phi) is 8.94. The maximum absolute atomic E-state index is 11.1. The summed E-state index contributed by atoms with van der Waals surface area (Å²) in [5.41, 5.74) is 2.42. The Morgan fingerprint density at radius 1 is 0.952 bits per heavy atom. The fourth-order valence-electron chi connectivity index (χ4n) is 1.87. The highest BCUT2D eigenvalue weighted by Gasteiger charge is 2.42. The maximum atomic E-state index is 11.1. The van der Waals surface area contributed by atoms with Crippen LogP contribution >= 0.6 is 15.2 Å². The second-order valence-electron chi connectivity index (χ2n) is 5.46. The Morgan fingerprint density at radius 3 is 1.90 bits per heavy atom. The lowest BCUT2D eigenvalue weighted by atomic mass is 10.1. The first kappa shape index (κ1) is 20.8. The molecule has 0 spiro atoms. The number of hydrogen-bond donors (Lipinski definition) is 4. The number of rotatable bonds is 9. The van der Waals surface area contributed by atoms with Crippen molar-refractivity contribution in [1.29, 1.82) is 0 Å².